The number of hydrogen-bond acceptors (Lipinski definition) is 6. The first kappa shape index (κ1) is 22.9. The van der Waals surface area contributed by atoms with Crippen LogP contribution >= 0.6 is 0 Å². The number of nitrogens with zero attached hydrogens (tertiary/aromatic N) is 4. The fraction of sp³-hybridized carbons (Fsp3) is 0.240. The van der Waals surface area contributed by atoms with Gasteiger partial charge in [-0.25, -0.2) is 4.79 Å². The van der Waals surface area contributed by atoms with E-state index in [0.29, 0.717) is 31.3 Å². The number of aromatic nitrogens is 5. The monoisotopic (exact) mass is 457 g/mol. The van der Waals surface area contributed by atoms with Crippen LogP contribution in [0.5, 0.6) is 5.75 Å². The average molecular weight is 458 g/mol. The number of tetrazole rings is 1. The molecule has 2 aromatic carbocycles. The molecule has 4 rings (SSSR count). The van der Waals surface area contributed by atoms with Crippen LogP contribution in [0.4, 0.5) is 4.79 Å². The number of ether oxygens (including phenoxy) is 1. The predicted molar refractivity (Wildman–Crippen MR) is 129 cm³/mol. The highest BCUT2D eigenvalue weighted by Crippen LogP contribution is 2.30. The third kappa shape index (κ3) is 5.37. The number of carbonyl (C=O) groups is 1. The minimum absolute atomic E-state index is 0.217. The third-order valence-electron chi connectivity index (χ3n) is 5.35. The van der Waals surface area contributed by atoms with Crippen LogP contribution in [0.1, 0.15) is 29.4 Å². The standard InChI is InChI=1S/C25H27N7O2/c1-4-26-25(33)27-14-22-17(3)28-16(2)13-23(22)34-15-18-9-11-19(12-10-18)20-7-5-6-8-21(20)24-29-31-32-30-24/h5-13H,4,14-15H2,1-3H3,(H2,26,27,33)(H,29,30,31,32). The van der Waals surface area contributed by atoms with Gasteiger partial charge in [-0.1, -0.05) is 48.5 Å². The first-order chi connectivity index (χ1) is 16.5. The lowest BCUT2D eigenvalue weighted by Crippen LogP contribution is -2.35. The highest BCUT2D eigenvalue weighted by molar-refractivity contribution is 5.80. The molecule has 0 atom stereocenters. The quantitative estimate of drug-likeness (QED) is 0.369. The molecule has 0 saturated heterocycles. The molecular weight excluding hydrogens is 430 g/mol. The van der Waals surface area contributed by atoms with Gasteiger partial charge in [0.05, 0.1) is 0 Å². The van der Waals surface area contributed by atoms with Gasteiger partial charge in [-0.3, -0.25) is 4.98 Å². The van der Waals surface area contributed by atoms with Gasteiger partial charge in [-0.2, -0.15) is 5.21 Å². The minimum Gasteiger partial charge on any atom is -0.488 e. The topological polar surface area (TPSA) is 118 Å². The summed E-state index contributed by atoms with van der Waals surface area (Å²) in [5.74, 6) is 1.27. The zero-order chi connectivity index (χ0) is 23.9. The van der Waals surface area contributed by atoms with Crippen molar-refractivity contribution in [2.24, 2.45) is 0 Å². The molecule has 34 heavy (non-hydrogen) atoms. The second-order valence-corrected chi connectivity index (χ2v) is 7.81. The number of pyridine rings is 1. The van der Waals surface area contributed by atoms with E-state index in [1.165, 1.54) is 0 Å². The highest BCUT2D eigenvalue weighted by Gasteiger charge is 2.13. The minimum atomic E-state index is -0.217. The lowest BCUT2D eigenvalue weighted by atomic mass is 9.98. The van der Waals surface area contributed by atoms with E-state index < -0.39 is 0 Å². The number of benzene rings is 2. The van der Waals surface area contributed by atoms with Crippen LogP contribution in [0.25, 0.3) is 22.5 Å². The zero-order valence-corrected chi connectivity index (χ0v) is 19.4. The van der Waals surface area contributed by atoms with E-state index in [-0.39, 0.29) is 6.03 Å². The molecule has 2 aromatic heterocycles. The molecule has 0 aliphatic heterocycles. The maximum Gasteiger partial charge on any atom is 0.315 e. The van der Waals surface area contributed by atoms with Crippen molar-refractivity contribution in [3.05, 3.63) is 77.1 Å². The molecule has 0 unspecified atom stereocenters. The summed E-state index contributed by atoms with van der Waals surface area (Å²) in [5.41, 5.74) is 6.57. The Labute approximate surface area is 198 Å². The van der Waals surface area contributed by atoms with E-state index in [0.717, 1.165) is 39.2 Å². The second kappa shape index (κ2) is 10.6. The maximum atomic E-state index is 11.8. The Hall–Kier alpha value is -4.27. The largest absolute Gasteiger partial charge is 0.488 e. The molecule has 0 spiro atoms. The molecule has 9 heteroatoms. The molecule has 0 bridgehead atoms. The Balaban J connectivity index is 1.49. The van der Waals surface area contributed by atoms with Crippen molar-refractivity contribution in [2.45, 2.75) is 33.9 Å². The number of rotatable bonds is 8. The molecule has 2 heterocycles. The molecule has 174 valence electrons. The Bertz CT molecular complexity index is 1260. The smallest absolute Gasteiger partial charge is 0.315 e. The normalized spacial score (nSPS) is 10.7. The summed E-state index contributed by atoms with van der Waals surface area (Å²) < 4.78 is 6.16. The van der Waals surface area contributed by atoms with Crippen LogP contribution in [0, 0.1) is 13.8 Å². The number of H-pyrrole nitrogens is 1. The molecule has 9 nitrogen and oxygen atoms in total. The number of carbonyl (C=O) groups excluding carboxylic acids is 1. The van der Waals surface area contributed by atoms with Crippen molar-refractivity contribution in [3.63, 3.8) is 0 Å². The average Bonchev–Trinajstić information content (AvgIpc) is 3.37. The fourth-order valence-electron chi connectivity index (χ4n) is 3.70. The van der Waals surface area contributed by atoms with Gasteiger partial charge in [0.15, 0.2) is 0 Å². The van der Waals surface area contributed by atoms with Gasteiger partial charge in [0.1, 0.15) is 12.4 Å². The van der Waals surface area contributed by atoms with Crippen LogP contribution in [-0.4, -0.2) is 38.2 Å². The van der Waals surface area contributed by atoms with Gasteiger partial charge in [0.2, 0.25) is 5.82 Å². The van der Waals surface area contributed by atoms with E-state index in [1.807, 2.05) is 63.2 Å². The molecule has 2 amide bonds. The number of aryl methyl sites for hydroxylation is 2. The number of hydrogen-bond donors (Lipinski definition) is 3. The summed E-state index contributed by atoms with van der Waals surface area (Å²) in [6.07, 6.45) is 0. The van der Waals surface area contributed by atoms with Crippen molar-refractivity contribution < 1.29 is 9.53 Å². The Morgan fingerprint density at radius 2 is 1.79 bits per heavy atom. The molecule has 0 radical (unpaired) electrons. The van der Waals surface area contributed by atoms with Crippen LogP contribution < -0.4 is 15.4 Å². The molecule has 0 saturated carbocycles. The molecule has 0 aliphatic rings. The van der Waals surface area contributed by atoms with Crippen LogP contribution in [0.2, 0.25) is 0 Å². The molecule has 3 N–H and O–H groups in total. The van der Waals surface area contributed by atoms with E-state index >= 15 is 0 Å². The fourth-order valence-corrected chi connectivity index (χ4v) is 3.70. The van der Waals surface area contributed by atoms with Crippen molar-refractivity contribution >= 4 is 6.03 Å². The van der Waals surface area contributed by atoms with Gasteiger partial charge in [0, 0.05) is 41.7 Å². The van der Waals surface area contributed by atoms with E-state index in [2.05, 4.69) is 48.4 Å². The van der Waals surface area contributed by atoms with Crippen molar-refractivity contribution in [3.8, 4) is 28.3 Å². The number of amides is 2. The number of urea groups is 1. The van der Waals surface area contributed by atoms with Crippen molar-refractivity contribution in [2.75, 3.05) is 6.54 Å². The SMILES string of the molecule is CCNC(=O)NCc1c(OCc2ccc(-c3ccccc3-c3nn[nH]n3)cc2)cc(C)nc1C. The predicted octanol–water partition coefficient (Wildman–Crippen LogP) is 3.94. The summed E-state index contributed by atoms with van der Waals surface area (Å²) in [7, 11) is 0. The molecule has 0 aliphatic carbocycles. The summed E-state index contributed by atoms with van der Waals surface area (Å²) in [6, 6.07) is 17.8. The lowest BCUT2D eigenvalue weighted by Gasteiger charge is -2.16. The molecular formula is C25H27N7O2. The Morgan fingerprint density at radius 1 is 1.03 bits per heavy atom. The number of aromatic amines is 1. The maximum absolute atomic E-state index is 11.8. The van der Waals surface area contributed by atoms with Gasteiger partial charge >= 0.3 is 6.03 Å². The lowest BCUT2D eigenvalue weighted by molar-refractivity contribution is 0.240. The first-order valence-electron chi connectivity index (χ1n) is 11.1. The van der Waals surface area contributed by atoms with E-state index in [9.17, 15) is 4.79 Å². The van der Waals surface area contributed by atoms with Gasteiger partial charge in [0.25, 0.3) is 0 Å². The van der Waals surface area contributed by atoms with Gasteiger partial charge < -0.3 is 15.4 Å². The van der Waals surface area contributed by atoms with Crippen LogP contribution in [0.3, 0.4) is 0 Å². The van der Waals surface area contributed by atoms with Gasteiger partial charge in [-0.05, 0) is 42.7 Å². The summed E-state index contributed by atoms with van der Waals surface area (Å²) >= 11 is 0. The first-order valence-corrected chi connectivity index (χ1v) is 11.1. The second-order valence-electron chi connectivity index (χ2n) is 7.81. The zero-order valence-electron chi connectivity index (χ0n) is 19.4. The summed E-state index contributed by atoms with van der Waals surface area (Å²) in [6.45, 7) is 7.02. The van der Waals surface area contributed by atoms with E-state index in [1.54, 1.807) is 0 Å². The Kier molecular flexibility index (Phi) is 7.12. The molecule has 0 fully saturated rings. The highest BCUT2D eigenvalue weighted by atomic mass is 16.5. The molecule has 4 aromatic rings. The summed E-state index contributed by atoms with van der Waals surface area (Å²) in [5, 5.41) is 20.0. The van der Waals surface area contributed by atoms with E-state index in [4.69, 9.17) is 4.74 Å². The number of nitrogens with one attached hydrogen (secondary N) is 3. The summed E-state index contributed by atoms with van der Waals surface area (Å²) in [4.78, 5) is 16.4. The van der Waals surface area contributed by atoms with Crippen LogP contribution in [-0.2, 0) is 13.2 Å². The third-order valence-corrected chi connectivity index (χ3v) is 5.35. The Morgan fingerprint density at radius 3 is 2.50 bits per heavy atom. The van der Waals surface area contributed by atoms with Crippen molar-refractivity contribution in [1.82, 2.24) is 36.2 Å². The van der Waals surface area contributed by atoms with Crippen molar-refractivity contribution in [1.29, 1.82) is 0 Å². The van der Waals surface area contributed by atoms with Gasteiger partial charge in [-0.15, -0.1) is 10.2 Å². The van der Waals surface area contributed by atoms with Crippen LogP contribution in [0.15, 0.2) is 54.6 Å².